The summed E-state index contributed by atoms with van der Waals surface area (Å²) in [6.45, 7) is 4.47. The number of piperidine rings is 1. The van der Waals surface area contributed by atoms with E-state index in [-0.39, 0.29) is 0 Å². The predicted octanol–water partition coefficient (Wildman–Crippen LogP) is 2.71. The lowest BCUT2D eigenvalue weighted by Gasteiger charge is -2.39. The van der Waals surface area contributed by atoms with Gasteiger partial charge in [0, 0.05) is 69.7 Å². The zero-order valence-electron chi connectivity index (χ0n) is 17.8. The van der Waals surface area contributed by atoms with Crippen LogP contribution in [0.15, 0.2) is 18.6 Å². The molecule has 156 valence electrons. The molecule has 0 radical (unpaired) electrons. The number of fused-ring (bicyclic) bond motifs is 1. The second kappa shape index (κ2) is 7.94. The Bertz CT molecular complexity index is 833. The summed E-state index contributed by atoms with van der Waals surface area (Å²) in [7, 11) is 4.09. The van der Waals surface area contributed by atoms with Crippen molar-refractivity contribution in [1.29, 1.82) is 0 Å². The van der Waals surface area contributed by atoms with Crippen LogP contribution in [0.3, 0.4) is 0 Å². The first kappa shape index (κ1) is 18.9. The minimum absolute atomic E-state index is 0.588. The number of anilines is 2. The molecule has 0 aromatic carbocycles. The van der Waals surface area contributed by atoms with E-state index >= 15 is 0 Å². The molecule has 2 aromatic heterocycles. The maximum absolute atomic E-state index is 4.65. The van der Waals surface area contributed by atoms with Gasteiger partial charge in [-0.15, -0.1) is 0 Å². The highest BCUT2D eigenvalue weighted by atomic mass is 15.3. The third-order valence-corrected chi connectivity index (χ3v) is 6.71. The average Bonchev–Trinajstić information content (AvgIpc) is 3.50. The van der Waals surface area contributed by atoms with Crippen LogP contribution in [0, 0.1) is 0 Å². The van der Waals surface area contributed by atoms with E-state index in [2.05, 4.69) is 46.7 Å². The number of likely N-dealkylation sites (tertiary alicyclic amines) is 1. The Hall–Kier alpha value is -2.15. The SMILES string of the molecule is CN(C)c1cc(N(C2CC2)C2CCN(Cc3cnn4c3CCCC4)CC2)ncn1. The van der Waals surface area contributed by atoms with E-state index in [0.717, 1.165) is 37.8 Å². The van der Waals surface area contributed by atoms with Gasteiger partial charge < -0.3 is 9.80 Å². The van der Waals surface area contributed by atoms with Crippen LogP contribution in [-0.2, 0) is 19.5 Å². The maximum Gasteiger partial charge on any atom is 0.134 e. The van der Waals surface area contributed by atoms with E-state index in [9.17, 15) is 0 Å². The van der Waals surface area contributed by atoms with Crippen LogP contribution in [0.2, 0.25) is 0 Å². The van der Waals surface area contributed by atoms with E-state index < -0.39 is 0 Å². The van der Waals surface area contributed by atoms with Crippen LogP contribution < -0.4 is 9.80 Å². The van der Waals surface area contributed by atoms with Crippen LogP contribution in [0.5, 0.6) is 0 Å². The van der Waals surface area contributed by atoms with Gasteiger partial charge >= 0.3 is 0 Å². The normalized spacial score (nSPS) is 20.5. The Balaban J connectivity index is 1.24. The number of hydrogen-bond donors (Lipinski definition) is 0. The third-order valence-electron chi connectivity index (χ3n) is 6.71. The van der Waals surface area contributed by atoms with E-state index in [1.54, 1.807) is 6.33 Å². The molecule has 0 amide bonds. The van der Waals surface area contributed by atoms with Crippen molar-refractivity contribution >= 4 is 11.6 Å². The zero-order valence-corrected chi connectivity index (χ0v) is 17.8. The molecule has 0 N–H and O–H groups in total. The summed E-state index contributed by atoms with van der Waals surface area (Å²) in [5.74, 6) is 2.10. The van der Waals surface area contributed by atoms with Crippen molar-refractivity contribution in [2.75, 3.05) is 37.0 Å². The van der Waals surface area contributed by atoms with E-state index in [4.69, 9.17) is 0 Å². The van der Waals surface area contributed by atoms with Gasteiger partial charge in [-0.3, -0.25) is 9.58 Å². The summed E-state index contributed by atoms with van der Waals surface area (Å²) in [4.78, 5) is 16.3. The summed E-state index contributed by atoms with van der Waals surface area (Å²) in [6.07, 6.45) is 12.6. The maximum atomic E-state index is 4.65. The van der Waals surface area contributed by atoms with Crippen molar-refractivity contribution in [1.82, 2.24) is 24.6 Å². The molecular weight excluding hydrogens is 362 g/mol. The predicted molar refractivity (Wildman–Crippen MR) is 115 cm³/mol. The van der Waals surface area contributed by atoms with Crippen molar-refractivity contribution in [2.24, 2.45) is 0 Å². The minimum atomic E-state index is 0.588. The lowest BCUT2D eigenvalue weighted by Crippen LogP contribution is -2.46. The first-order valence-electron chi connectivity index (χ1n) is 11.2. The zero-order chi connectivity index (χ0) is 19.8. The minimum Gasteiger partial charge on any atom is -0.363 e. The lowest BCUT2D eigenvalue weighted by molar-refractivity contribution is 0.199. The average molecular weight is 396 g/mol. The smallest absolute Gasteiger partial charge is 0.134 e. The number of rotatable bonds is 6. The molecule has 2 fully saturated rings. The lowest BCUT2D eigenvalue weighted by atomic mass is 10.0. The molecule has 29 heavy (non-hydrogen) atoms. The first-order valence-corrected chi connectivity index (χ1v) is 11.2. The molecule has 7 nitrogen and oxygen atoms in total. The molecule has 0 atom stereocenters. The molecule has 2 aromatic rings. The highest BCUT2D eigenvalue weighted by Gasteiger charge is 2.36. The van der Waals surface area contributed by atoms with Crippen molar-refractivity contribution in [3.8, 4) is 0 Å². The van der Waals surface area contributed by atoms with Crippen LogP contribution in [0.25, 0.3) is 0 Å². The van der Waals surface area contributed by atoms with Crippen LogP contribution in [0.1, 0.15) is 49.8 Å². The summed E-state index contributed by atoms with van der Waals surface area (Å²) in [5.41, 5.74) is 2.93. The molecular formula is C22H33N7. The quantitative estimate of drug-likeness (QED) is 0.750. The number of aryl methyl sites for hydroxylation is 1. The fourth-order valence-electron chi connectivity index (χ4n) is 4.96. The molecule has 7 heteroatoms. The Morgan fingerprint density at radius 1 is 0.966 bits per heavy atom. The summed E-state index contributed by atoms with van der Waals surface area (Å²) in [5, 5.41) is 4.62. The number of nitrogens with zero attached hydrogens (tertiary/aromatic N) is 7. The van der Waals surface area contributed by atoms with Gasteiger partial charge in [-0.1, -0.05) is 0 Å². The standard InChI is InChI=1S/C22H33N7/c1-26(2)21-13-22(24-16-23-21)29(18-6-7-18)19-8-11-27(12-9-19)15-17-14-25-28-10-4-3-5-20(17)28/h13-14,16,18-19H,3-12,15H2,1-2H3. The summed E-state index contributed by atoms with van der Waals surface area (Å²) in [6, 6.07) is 3.41. The summed E-state index contributed by atoms with van der Waals surface area (Å²) >= 11 is 0. The summed E-state index contributed by atoms with van der Waals surface area (Å²) < 4.78 is 2.23. The fourth-order valence-corrected chi connectivity index (χ4v) is 4.96. The van der Waals surface area contributed by atoms with Gasteiger partial charge in [-0.05, 0) is 44.9 Å². The Morgan fingerprint density at radius 3 is 2.48 bits per heavy atom. The molecule has 4 heterocycles. The van der Waals surface area contributed by atoms with E-state index in [1.807, 2.05) is 14.1 Å². The van der Waals surface area contributed by atoms with Crippen LogP contribution in [-0.4, -0.2) is 63.9 Å². The number of aromatic nitrogens is 4. The Morgan fingerprint density at radius 2 is 1.72 bits per heavy atom. The highest BCUT2D eigenvalue weighted by Crippen LogP contribution is 2.36. The molecule has 2 aliphatic heterocycles. The molecule has 1 aliphatic carbocycles. The number of hydrogen-bond acceptors (Lipinski definition) is 6. The second-order valence-corrected chi connectivity index (χ2v) is 9.07. The molecule has 0 bridgehead atoms. The Labute approximate surface area is 173 Å². The first-order chi connectivity index (χ1) is 14.2. The van der Waals surface area contributed by atoms with Crippen molar-refractivity contribution in [3.05, 3.63) is 29.8 Å². The molecule has 0 unspecified atom stereocenters. The van der Waals surface area contributed by atoms with Gasteiger partial charge in [-0.2, -0.15) is 5.10 Å². The highest BCUT2D eigenvalue weighted by molar-refractivity contribution is 5.51. The van der Waals surface area contributed by atoms with Crippen molar-refractivity contribution < 1.29 is 0 Å². The largest absolute Gasteiger partial charge is 0.363 e. The third kappa shape index (κ3) is 3.97. The van der Waals surface area contributed by atoms with E-state index in [1.165, 1.54) is 56.2 Å². The van der Waals surface area contributed by atoms with Crippen molar-refractivity contribution in [2.45, 2.75) is 70.1 Å². The van der Waals surface area contributed by atoms with Gasteiger partial charge in [0.25, 0.3) is 0 Å². The Kier molecular flexibility index (Phi) is 5.16. The van der Waals surface area contributed by atoms with Crippen LogP contribution in [0.4, 0.5) is 11.6 Å². The van der Waals surface area contributed by atoms with Gasteiger partial charge in [0.1, 0.15) is 18.0 Å². The van der Waals surface area contributed by atoms with Gasteiger partial charge in [-0.25, -0.2) is 9.97 Å². The van der Waals surface area contributed by atoms with Gasteiger partial charge in [0.15, 0.2) is 0 Å². The molecule has 5 rings (SSSR count). The molecule has 0 spiro atoms. The molecule has 1 saturated heterocycles. The second-order valence-electron chi connectivity index (χ2n) is 9.07. The fraction of sp³-hybridized carbons (Fsp3) is 0.682. The van der Waals surface area contributed by atoms with Crippen LogP contribution >= 0.6 is 0 Å². The van der Waals surface area contributed by atoms with Gasteiger partial charge in [0.05, 0.1) is 6.20 Å². The van der Waals surface area contributed by atoms with Crippen molar-refractivity contribution in [3.63, 3.8) is 0 Å². The van der Waals surface area contributed by atoms with E-state index in [0.29, 0.717) is 12.1 Å². The molecule has 1 saturated carbocycles. The molecule has 3 aliphatic rings. The monoisotopic (exact) mass is 395 g/mol. The van der Waals surface area contributed by atoms with Gasteiger partial charge in [0.2, 0.25) is 0 Å². The topological polar surface area (TPSA) is 53.3 Å².